The van der Waals surface area contributed by atoms with Crippen LogP contribution in [0.25, 0.3) is 0 Å². The Kier molecular flexibility index (Phi) is 30.1. The van der Waals surface area contributed by atoms with Crippen LogP contribution in [0.1, 0.15) is 16.7 Å². The van der Waals surface area contributed by atoms with Gasteiger partial charge in [-0.1, -0.05) is 91.0 Å². The van der Waals surface area contributed by atoms with Crippen LogP contribution < -0.4 is 0 Å². The van der Waals surface area contributed by atoms with E-state index in [1.165, 1.54) is 0 Å². The highest BCUT2D eigenvalue weighted by atomic mass is 28.4. The highest BCUT2D eigenvalue weighted by molar-refractivity contribution is 6.69. The number of hydrogen-bond donors (Lipinski definition) is 0. The lowest BCUT2D eigenvalue weighted by Gasteiger charge is -2.36. The zero-order valence-corrected chi connectivity index (χ0v) is 37.4. The van der Waals surface area contributed by atoms with E-state index in [1.807, 2.05) is 54.6 Å². The Morgan fingerprint density at radius 2 is 0.483 bits per heavy atom. The summed E-state index contributed by atoms with van der Waals surface area (Å²) < 4.78 is 73.7. The van der Waals surface area contributed by atoms with Crippen LogP contribution >= 0.6 is 0 Å². The van der Waals surface area contributed by atoms with E-state index in [0.29, 0.717) is 159 Å². The average molecular weight is 861 g/mol. The van der Waals surface area contributed by atoms with E-state index in [1.54, 1.807) is 0 Å². The van der Waals surface area contributed by atoms with Crippen molar-refractivity contribution < 1.29 is 61.3 Å². The molecule has 0 radical (unpaired) electrons. The van der Waals surface area contributed by atoms with E-state index in [2.05, 4.69) is 56.0 Å². The molecule has 0 aliphatic carbocycles. The first-order valence-corrected chi connectivity index (χ1v) is 24.7. The summed E-state index contributed by atoms with van der Waals surface area (Å²) >= 11 is 0. The summed E-state index contributed by atoms with van der Waals surface area (Å²) in [6, 6.07) is 31.0. The normalized spacial score (nSPS) is 12.1. The molecule has 338 valence electrons. The van der Waals surface area contributed by atoms with Crippen LogP contribution in [0.5, 0.6) is 0 Å². The number of ether oxygens (including phenoxy) is 12. The molecule has 0 aliphatic rings. The summed E-state index contributed by atoms with van der Waals surface area (Å²) in [6.07, 6.45) is 0. The van der Waals surface area contributed by atoms with Gasteiger partial charge in [0.25, 0.3) is 0 Å². The van der Waals surface area contributed by atoms with Crippen molar-refractivity contribution in [2.45, 2.75) is 25.2 Å². The summed E-state index contributed by atoms with van der Waals surface area (Å²) in [4.78, 5) is 0. The summed E-state index contributed by atoms with van der Waals surface area (Å²) in [6.45, 7) is 18.7. The Labute approximate surface area is 360 Å². The van der Waals surface area contributed by atoms with Crippen molar-refractivity contribution in [1.29, 1.82) is 0 Å². The van der Waals surface area contributed by atoms with Gasteiger partial charge in [0.15, 0.2) is 8.32 Å². The summed E-state index contributed by atoms with van der Waals surface area (Å²) in [7, 11) is -1.46. The van der Waals surface area contributed by atoms with E-state index in [-0.39, 0.29) is 0 Å². The Morgan fingerprint density at radius 1 is 0.283 bits per heavy atom. The Balaban J connectivity index is 1.01. The molecule has 0 N–H and O–H groups in total. The molecule has 0 saturated carbocycles. The van der Waals surface area contributed by atoms with Gasteiger partial charge in [-0.3, -0.25) is 0 Å². The van der Waals surface area contributed by atoms with Crippen LogP contribution in [0, 0.1) is 0 Å². The zero-order chi connectivity index (χ0) is 42.5. The van der Waals surface area contributed by atoms with Crippen molar-refractivity contribution in [1.82, 2.24) is 0 Å². The summed E-state index contributed by atoms with van der Waals surface area (Å²) in [5.41, 5.74) is 2.45. The molecule has 13 nitrogen and oxygen atoms in total. The summed E-state index contributed by atoms with van der Waals surface area (Å²) in [5, 5.41) is 0. The minimum Gasteiger partial charge on any atom is -0.415 e. The molecule has 0 fully saturated rings. The zero-order valence-electron chi connectivity index (χ0n) is 36.4. The first kappa shape index (κ1) is 51.7. The molecule has 0 heterocycles. The van der Waals surface area contributed by atoms with E-state index in [4.69, 9.17) is 61.3 Å². The molecular weight excluding hydrogens is 789 g/mol. The molecule has 0 aliphatic heterocycles. The van der Waals surface area contributed by atoms with Crippen LogP contribution in [-0.4, -0.2) is 167 Å². The third kappa shape index (κ3) is 24.7. The third-order valence-corrected chi connectivity index (χ3v) is 9.64. The lowest BCUT2D eigenvalue weighted by atomic mass is 9.80. The second kappa shape index (κ2) is 34.9. The average Bonchev–Trinajstić information content (AvgIpc) is 3.26. The van der Waals surface area contributed by atoms with E-state index in [9.17, 15) is 0 Å². The topological polar surface area (TPSA) is 120 Å². The van der Waals surface area contributed by atoms with Crippen molar-refractivity contribution in [3.05, 3.63) is 108 Å². The van der Waals surface area contributed by atoms with Crippen LogP contribution in [0.4, 0.5) is 0 Å². The lowest BCUT2D eigenvalue weighted by Crippen LogP contribution is -2.34. The second-order valence-corrected chi connectivity index (χ2v) is 18.8. The molecule has 3 rings (SSSR count). The van der Waals surface area contributed by atoms with Crippen LogP contribution in [0.15, 0.2) is 91.0 Å². The molecule has 0 bridgehead atoms. The maximum atomic E-state index is 6.74. The van der Waals surface area contributed by atoms with Crippen LogP contribution in [-0.2, 0) is 66.9 Å². The molecular formula is C46H72O13Si. The SMILES string of the molecule is C[Si](C)(C)OCCOCCOCCOCCOCCOCCOCCOCCOCCOCCOCCOCCOC(c1ccccc1)(c1ccccc1)c1ccccc1. The smallest absolute Gasteiger partial charge is 0.183 e. The van der Waals surface area contributed by atoms with Crippen molar-refractivity contribution in [3.63, 3.8) is 0 Å². The summed E-state index contributed by atoms with van der Waals surface area (Å²) in [5.74, 6) is 0. The maximum Gasteiger partial charge on any atom is 0.183 e. The highest BCUT2D eigenvalue weighted by Crippen LogP contribution is 2.40. The van der Waals surface area contributed by atoms with Crippen molar-refractivity contribution >= 4 is 8.32 Å². The second-order valence-electron chi connectivity index (χ2n) is 14.3. The standard InChI is InChI=1S/C46H72O13Si/c1-60(2,3)59-42-40-57-38-36-55-34-32-53-30-28-51-26-24-49-22-20-47-19-21-48-23-25-50-27-29-52-31-33-54-35-37-56-39-41-58-46(43-13-7-4-8-14-43,44-15-9-5-10-16-44)45-17-11-6-12-18-45/h4-18H,19-42H2,1-3H3. The van der Waals surface area contributed by atoms with Crippen LogP contribution in [0.2, 0.25) is 19.6 Å². The van der Waals surface area contributed by atoms with Gasteiger partial charge in [-0.05, 0) is 36.3 Å². The molecule has 0 saturated heterocycles. The molecule has 60 heavy (non-hydrogen) atoms. The minimum absolute atomic E-state index is 0.414. The van der Waals surface area contributed by atoms with Crippen molar-refractivity contribution in [2.75, 3.05) is 159 Å². The lowest BCUT2D eigenvalue weighted by molar-refractivity contribution is -0.0399. The van der Waals surface area contributed by atoms with Crippen LogP contribution in [0.3, 0.4) is 0 Å². The molecule has 0 spiro atoms. The first-order chi connectivity index (χ1) is 29.5. The maximum absolute atomic E-state index is 6.74. The number of rotatable bonds is 41. The monoisotopic (exact) mass is 860 g/mol. The predicted molar refractivity (Wildman–Crippen MR) is 233 cm³/mol. The predicted octanol–water partition coefficient (Wildman–Crippen LogP) is 6.03. The fraction of sp³-hybridized carbons (Fsp3) is 0.609. The molecule has 0 aromatic heterocycles. The highest BCUT2D eigenvalue weighted by Gasteiger charge is 2.37. The fourth-order valence-corrected chi connectivity index (χ4v) is 6.43. The van der Waals surface area contributed by atoms with E-state index < -0.39 is 13.9 Å². The first-order valence-electron chi connectivity index (χ1n) is 21.3. The van der Waals surface area contributed by atoms with Gasteiger partial charge in [0, 0.05) is 0 Å². The van der Waals surface area contributed by atoms with Gasteiger partial charge in [-0.2, -0.15) is 0 Å². The quantitative estimate of drug-likeness (QED) is 0.0376. The van der Waals surface area contributed by atoms with E-state index in [0.717, 1.165) is 16.7 Å². The van der Waals surface area contributed by atoms with Gasteiger partial charge in [-0.25, -0.2) is 0 Å². The van der Waals surface area contributed by atoms with Crippen molar-refractivity contribution in [3.8, 4) is 0 Å². The largest absolute Gasteiger partial charge is 0.415 e. The van der Waals surface area contributed by atoms with Gasteiger partial charge in [-0.15, -0.1) is 0 Å². The Morgan fingerprint density at radius 3 is 0.700 bits per heavy atom. The Bertz CT molecular complexity index is 1270. The van der Waals surface area contributed by atoms with E-state index >= 15 is 0 Å². The van der Waals surface area contributed by atoms with Gasteiger partial charge >= 0.3 is 0 Å². The molecule has 0 unspecified atom stereocenters. The molecule has 14 heteroatoms. The third-order valence-electron chi connectivity index (χ3n) is 8.57. The van der Waals surface area contributed by atoms with Gasteiger partial charge < -0.3 is 61.3 Å². The van der Waals surface area contributed by atoms with Gasteiger partial charge in [0.05, 0.1) is 159 Å². The molecule has 0 atom stereocenters. The fourth-order valence-electron chi connectivity index (χ4n) is 5.73. The van der Waals surface area contributed by atoms with Crippen molar-refractivity contribution in [2.24, 2.45) is 0 Å². The van der Waals surface area contributed by atoms with Gasteiger partial charge in [0.2, 0.25) is 0 Å². The molecule has 3 aromatic rings. The Hall–Kier alpha value is -2.64. The molecule has 0 amide bonds. The molecule has 3 aromatic carbocycles. The minimum atomic E-state index is -1.46. The number of hydrogen-bond acceptors (Lipinski definition) is 13. The van der Waals surface area contributed by atoms with Gasteiger partial charge in [0.1, 0.15) is 5.60 Å². The number of benzene rings is 3.